The number of nitrogens with one attached hydrogen (secondary N) is 2. The summed E-state index contributed by atoms with van der Waals surface area (Å²) in [5.41, 5.74) is 4.31. The van der Waals surface area contributed by atoms with Crippen LogP contribution in [-0.2, 0) is 0 Å². The van der Waals surface area contributed by atoms with Crippen LogP contribution in [0, 0.1) is 5.92 Å². The average Bonchev–Trinajstić information content (AvgIpc) is 3.07. The van der Waals surface area contributed by atoms with Crippen LogP contribution in [0.3, 0.4) is 0 Å². The van der Waals surface area contributed by atoms with Crippen molar-refractivity contribution >= 4 is 39.1 Å². The molecule has 5 nitrogen and oxygen atoms in total. The van der Waals surface area contributed by atoms with Gasteiger partial charge in [-0.1, -0.05) is 19.9 Å². The molecular formula is C19H19N3O2S. The molecule has 3 aromatic rings. The largest absolute Gasteiger partial charge is 0.352 e. The quantitative estimate of drug-likeness (QED) is 0.730. The van der Waals surface area contributed by atoms with Gasteiger partial charge < -0.3 is 10.6 Å². The second kappa shape index (κ2) is 7.44. The normalized spacial score (nSPS) is 10.8. The zero-order valence-electron chi connectivity index (χ0n) is 14.1. The van der Waals surface area contributed by atoms with Crippen molar-refractivity contribution in [2.45, 2.75) is 13.8 Å². The van der Waals surface area contributed by atoms with E-state index in [1.165, 1.54) is 11.3 Å². The Morgan fingerprint density at radius 3 is 2.68 bits per heavy atom. The molecule has 0 unspecified atom stereocenters. The van der Waals surface area contributed by atoms with Gasteiger partial charge in [-0.3, -0.25) is 9.59 Å². The number of amides is 2. The lowest BCUT2D eigenvalue weighted by molar-refractivity contribution is 0.0947. The minimum Gasteiger partial charge on any atom is -0.352 e. The van der Waals surface area contributed by atoms with Crippen molar-refractivity contribution in [3.8, 4) is 0 Å². The summed E-state index contributed by atoms with van der Waals surface area (Å²) >= 11 is 1.50. The van der Waals surface area contributed by atoms with Crippen molar-refractivity contribution in [2.75, 3.05) is 11.9 Å². The first-order valence-corrected chi connectivity index (χ1v) is 8.94. The highest BCUT2D eigenvalue weighted by atomic mass is 32.1. The van der Waals surface area contributed by atoms with Crippen LogP contribution in [0.25, 0.3) is 10.2 Å². The first-order valence-electron chi connectivity index (χ1n) is 8.06. The highest BCUT2D eigenvalue weighted by Crippen LogP contribution is 2.20. The second-order valence-electron chi connectivity index (χ2n) is 6.17. The van der Waals surface area contributed by atoms with Gasteiger partial charge in [-0.2, -0.15) is 0 Å². The summed E-state index contributed by atoms with van der Waals surface area (Å²) in [6, 6.07) is 12.3. The molecule has 0 spiro atoms. The lowest BCUT2D eigenvalue weighted by Gasteiger charge is -2.10. The predicted octanol–water partition coefficient (Wildman–Crippen LogP) is 3.93. The summed E-state index contributed by atoms with van der Waals surface area (Å²) in [5.74, 6) is 0.0272. The van der Waals surface area contributed by atoms with Crippen molar-refractivity contribution in [1.82, 2.24) is 10.3 Å². The Kier molecular flexibility index (Phi) is 5.09. The van der Waals surface area contributed by atoms with Crippen LogP contribution < -0.4 is 10.6 Å². The number of carbonyl (C=O) groups is 2. The number of rotatable bonds is 5. The SMILES string of the molecule is CC(C)CNC(=O)c1cccc(NC(=O)c2ccc3ncsc3c2)c1. The number of thiazole rings is 1. The van der Waals surface area contributed by atoms with Crippen LogP contribution in [0.5, 0.6) is 0 Å². The molecule has 3 rings (SSSR count). The number of fused-ring (bicyclic) bond motifs is 1. The number of aromatic nitrogens is 1. The molecule has 2 amide bonds. The van der Waals surface area contributed by atoms with Gasteiger partial charge in [0.2, 0.25) is 0 Å². The van der Waals surface area contributed by atoms with Crippen LogP contribution in [0.2, 0.25) is 0 Å². The molecule has 25 heavy (non-hydrogen) atoms. The smallest absolute Gasteiger partial charge is 0.255 e. The summed E-state index contributed by atoms with van der Waals surface area (Å²) in [7, 11) is 0. The van der Waals surface area contributed by atoms with E-state index in [4.69, 9.17) is 0 Å². The summed E-state index contributed by atoms with van der Waals surface area (Å²) in [6.45, 7) is 4.69. The Bertz CT molecular complexity index is 918. The second-order valence-corrected chi connectivity index (χ2v) is 7.06. The Labute approximate surface area is 150 Å². The molecule has 0 saturated carbocycles. The molecule has 2 N–H and O–H groups in total. The van der Waals surface area contributed by atoms with Gasteiger partial charge in [-0.25, -0.2) is 4.98 Å². The van der Waals surface area contributed by atoms with E-state index in [-0.39, 0.29) is 11.8 Å². The van der Waals surface area contributed by atoms with E-state index >= 15 is 0 Å². The molecule has 0 aliphatic rings. The van der Waals surface area contributed by atoms with Gasteiger partial charge >= 0.3 is 0 Å². The van der Waals surface area contributed by atoms with Gasteiger partial charge in [-0.05, 0) is 42.3 Å². The Hall–Kier alpha value is -2.73. The predicted molar refractivity (Wildman–Crippen MR) is 101 cm³/mol. The molecule has 2 aromatic carbocycles. The van der Waals surface area contributed by atoms with Gasteiger partial charge in [0, 0.05) is 23.4 Å². The molecule has 1 heterocycles. The van der Waals surface area contributed by atoms with Gasteiger partial charge in [0.15, 0.2) is 0 Å². The zero-order chi connectivity index (χ0) is 17.8. The van der Waals surface area contributed by atoms with Crippen LogP contribution >= 0.6 is 11.3 Å². The molecule has 0 fully saturated rings. The molecular weight excluding hydrogens is 334 g/mol. The zero-order valence-corrected chi connectivity index (χ0v) is 14.9. The van der Waals surface area contributed by atoms with Gasteiger partial charge in [-0.15, -0.1) is 11.3 Å². The Morgan fingerprint density at radius 1 is 1.08 bits per heavy atom. The van der Waals surface area contributed by atoms with Crippen LogP contribution in [-0.4, -0.2) is 23.3 Å². The average molecular weight is 353 g/mol. The van der Waals surface area contributed by atoms with Gasteiger partial charge in [0.1, 0.15) is 0 Å². The fourth-order valence-corrected chi connectivity index (χ4v) is 3.05. The number of anilines is 1. The minimum atomic E-state index is -0.213. The van der Waals surface area contributed by atoms with Crippen molar-refractivity contribution in [3.63, 3.8) is 0 Å². The fraction of sp³-hybridized carbons (Fsp3) is 0.211. The fourth-order valence-electron chi connectivity index (χ4n) is 2.34. The third-order valence-corrected chi connectivity index (χ3v) is 4.44. The first kappa shape index (κ1) is 17.1. The third kappa shape index (κ3) is 4.22. The van der Waals surface area contributed by atoms with E-state index in [1.54, 1.807) is 35.8 Å². The molecule has 0 aliphatic heterocycles. The maximum Gasteiger partial charge on any atom is 0.255 e. The van der Waals surface area contributed by atoms with Crippen molar-refractivity contribution in [1.29, 1.82) is 0 Å². The molecule has 0 radical (unpaired) electrons. The van der Waals surface area contributed by atoms with E-state index in [2.05, 4.69) is 15.6 Å². The Morgan fingerprint density at radius 2 is 1.88 bits per heavy atom. The highest BCUT2D eigenvalue weighted by Gasteiger charge is 2.10. The summed E-state index contributed by atoms with van der Waals surface area (Å²) in [6.07, 6.45) is 0. The highest BCUT2D eigenvalue weighted by molar-refractivity contribution is 7.16. The number of nitrogens with zero attached hydrogens (tertiary/aromatic N) is 1. The molecule has 0 bridgehead atoms. The molecule has 0 saturated heterocycles. The van der Waals surface area contributed by atoms with E-state index in [1.807, 2.05) is 26.0 Å². The van der Waals surface area contributed by atoms with E-state index < -0.39 is 0 Å². The number of hydrogen-bond acceptors (Lipinski definition) is 4. The van der Waals surface area contributed by atoms with Crippen molar-refractivity contribution in [3.05, 3.63) is 59.1 Å². The number of benzene rings is 2. The number of hydrogen-bond donors (Lipinski definition) is 2. The topological polar surface area (TPSA) is 71.1 Å². The summed E-state index contributed by atoms with van der Waals surface area (Å²) < 4.78 is 0.967. The van der Waals surface area contributed by atoms with E-state index in [9.17, 15) is 9.59 Å². The molecule has 6 heteroatoms. The lowest BCUT2D eigenvalue weighted by Crippen LogP contribution is -2.27. The van der Waals surface area contributed by atoms with Gasteiger partial charge in [0.25, 0.3) is 11.8 Å². The third-order valence-electron chi connectivity index (χ3n) is 3.65. The minimum absolute atomic E-state index is 0.143. The maximum atomic E-state index is 12.4. The van der Waals surface area contributed by atoms with Crippen molar-refractivity contribution in [2.24, 2.45) is 5.92 Å². The van der Waals surface area contributed by atoms with Crippen LogP contribution in [0.1, 0.15) is 34.6 Å². The van der Waals surface area contributed by atoms with Gasteiger partial charge in [0.05, 0.1) is 15.7 Å². The maximum absolute atomic E-state index is 12.4. The first-order chi connectivity index (χ1) is 12.0. The summed E-state index contributed by atoms with van der Waals surface area (Å²) in [5, 5.41) is 5.71. The van der Waals surface area contributed by atoms with E-state index in [0.717, 1.165) is 10.2 Å². The van der Waals surface area contributed by atoms with Crippen LogP contribution in [0.4, 0.5) is 5.69 Å². The molecule has 1 aromatic heterocycles. The molecule has 0 aliphatic carbocycles. The lowest BCUT2D eigenvalue weighted by atomic mass is 10.1. The summed E-state index contributed by atoms with van der Waals surface area (Å²) in [4.78, 5) is 28.8. The Balaban J connectivity index is 1.72. The van der Waals surface area contributed by atoms with Crippen molar-refractivity contribution < 1.29 is 9.59 Å². The number of carbonyl (C=O) groups excluding carboxylic acids is 2. The molecule has 128 valence electrons. The van der Waals surface area contributed by atoms with Crippen LogP contribution in [0.15, 0.2) is 48.0 Å². The monoisotopic (exact) mass is 353 g/mol. The van der Waals surface area contributed by atoms with E-state index in [0.29, 0.717) is 29.3 Å². The standard InChI is InChI=1S/C19H19N3O2S/c1-12(2)10-20-18(23)13-4-3-5-15(8-13)22-19(24)14-6-7-16-17(9-14)25-11-21-16/h3-9,11-12H,10H2,1-2H3,(H,20,23)(H,22,24). The molecule has 0 atom stereocenters.